The van der Waals surface area contributed by atoms with Crippen molar-refractivity contribution >= 4 is 11.9 Å². The minimum atomic E-state index is -0.829. The number of rotatable bonds is 7. The van der Waals surface area contributed by atoms with Crippen LogP contribution in [0, 0.1) is 5.92 Å². The second kappa shape index (κ2) is 7.97. The fourth-order valence-corrected chi connectivity index (χ4v) is 3.26. The van der Waals surface area contributed by atoms with Crippen molar-refractivity contribution in [2.24, 2.45) is 5.92 Å². The van der Waals surface area contributed by atoms with Gasteiger partial charge in [0.15, 0.2) is 0 Å². The molecule has 4 nitrogen and oxygen atoms in total. The van der Waals surface area contributed by atoms with Crippen molar-refractivity contribution in [3.05, 3.63) is 35.4 Å². The highest BCUT2D eigenvalue weighted by atomic mass is 16.4. The zero-order valence-corrected chi connectivity index (χ0v) is 13.2. The number of hydrogen-bond donors (Lipinski definition) is 2. The van der Waals surface area contributed by atoms with Crippen LogP contribution < -0.4 is 5.32 Å². The number of carboxylic acid groups (broad SMARTS) is 1. The number of carboxylic acids is 1. The van der Waals surface area contributed by atoms with E-state index in [4.69, 9.17) is 5.11 Å². The lowest BCUT2D eigenvalue weighted by Gasteiger charge is -2.25. The summed E-state index contributed by atoms with van der Waals surface area (Å²) in [5.74, 6) is -1.08. The Morgan fingerprint density at radius 3 is 2.86 bits per heavy atom. The van der Waals surface area contributed by atoms with E-state index in [1.807, 2.05) is 19.1 Å². The van der Waals surface area contributed by atoms with E-state index in [-0.39, 0.29) is 18.4 Å². The minimum Gasteiger partial charge on any atom is -0.481 e. The molecule has 2 rings (SSSR count). The van der Waals surface area contributed by atoms with E-state index in [1.165, 1.54) is 11.1 Å². The van der Waals surface area contributed by atoms with Crippen LogP contribution in [0.2, 0.25) is 0 Å². The van der Waals surface area contributed by atoms with E-state index in [2.05, 4.69) is 17.4 Å². The fraction of sp³-hybridized carbons (Fsp3) is 0.556. The predicted octanol–water partition coefficient (Wildman–Crippen LogP) is 3.11. The summed E-state index contributed by atoms with van der Waals surface area (Å²) < 4.78 is 0. The van der Waals surface area contributed by atoms with Gasteiger partial charge in [-0.25, -0.2) is 0 Å². The first-order chi connectivity index (χ1) is 10.6. The Bertz CT molecular complexity index is 527. The molecular weight excluding hydrogens is 278 g/mol. The van der Waals surface area contributed by atoms with Gasteiger partial charge in [-0.3, -0.25) is 9.59 Å². The van der Waals surface area contributed by atoms with Gasteiger partial charge in [0.05, 0.1) is 5.92 Å². The smallest absolute Gasteiger partial charge is 0.308 e. The third-order valence-electron chi connectivity index (χ3n) is 4.46. The van der Waals surface area contributed by atoms with Crippen molar-refractivity contribution in [3.8, 4) is 0 Å². The molecule has 2 N–H and O–H groups in total. The van der Waals surface area contributed by atoms with Crippen LogP contribution in [0.3, 0.4) is 0 Å². The van der Waals surface area contributed by atoms with Gasteiger partial charge in [0.1, 0.15) is 0 Å². The van der Waals surface area contributed by atoms with E-state index < -0.39 is 11.9 Å². The molecule has 0 saturated carbocycles. The van der Waals surface area contributed by atoms with Gasteiger partial charge in [-0.15, -0.1) is 0 Å². The van der Waals surface area contributed by atoms with Crippen molar-refractivity contribution in [3.63, 3.8) is 0 Å². The number of carbonyl (C=O) groups is 2. The molecule has 4 heteroatoms. The molecule has 1 aromatic rings. The number of benzene rings is 1. The highest BCUT2D eigenvalue weighted by Crippen LogP contribution is 2.33. The number of aryl methyl sites for hydroxylation is 1. The first-order valence-electron chi connectivity index (χ1n) is 8.19. The van der Waals surface area contributed by atoms with Crippen LogP contribution in [0.1, 0.15) is 56.1 Å². The first-order valence-corrected chi connectivity index (χ1v) is 8.19. The van der Waals surface area contributed by atoms with E-state index in [0.29, 0.717) is 12.8 Å². The van der Waals surface area contributed by atoms with Crippen molar-refractivity contribution in [1.29, 1.82) is 0 Å². The Labute approximate surface area is 131 Å². The summed E-state index contributed by atoms with van der Waals surface area (Å²) in [5.41, 5.74) is 2.63. The number of aliphatic carboxylic acids is 1. The Morgan fingerprint density at radius 2 is 2.14 bits per heavy atom. The van der Waals surface area contributed by atoms with E-state index in [1.54, 1.807) is 0 Å². The van der Waals surface area contributed by atoms with Crippen LogP contribution in [0.15, 0.2) is 24.3 Å². The summed E-state index contributed by atoms with van der Waals surface area (Å²) in [6.45, 7) is 2.19. The van der Waals surface area contributed by atoms with Gasteiger partial charge < -0.3 is 10.4 Å². The SMILES string of the molecule is CCCC(CNC(=O)CC1CCCc2ccccc21)C(=O)O. The maximum atomic E-state index is 12.1. The molecule has 0 bridgehead atoms. The lowest BCUT2D eigenvalue weighted by atomic mass is 9.81. The van der Waals surface area contributed by atoms with Crippen molar-refractivity contribution in [2.75, 3.05) is 6.54 Å². The summed E-state index contributed by atoms with van der Waals surface area (Å²) >= 11 is 0. The molecule has 1 aliphatic carbocycles. The second-order valence-corrected chi connectivity index (χ2v) is 6.12. The zero-order chi connectivity index (χ0) is 15.9. The molecule has 0 aromatic heterocycles. The lowest BCUT2D eigenvalue weighted by Crippen LogP contribution is -2.33. The van der Waals surface area contributed by atoms with Gasteiger partial charge in [0.2, 0.25) is 5.91 Å². The number of fused-ring (bicyclic) bond motifs is 1. The topological polar surface area (TPSA) is 66.4 Å². The van der Waals surface area contributed by atoms with Crippen LogP contribution >= 0.6 is 0 Å². The quantitative estimate of drug-likeness (QED) is 0.813. The molecule has 22 heavy (non-hydrogen) atoms. The van der Waals surface area contributed by atoms with E-state index >= 15 is 0 Å². The number of nitrogens with one attached hydrogen (secondary N) is 1. The molecule has 0 saturated heterocycles. The van der Waals surface area contributed by atoms with Gasteiger partial charge in [0.25, 0.3) is 0 Å². The van der Waals surface area contributed by atoms with Crippen molar-refractivity contribution in [2.45, 2.75) is 51.4 Å². The highest BCUT2D eigenvalue weighted by molar-refractivity contribution is 5.78. The monoisotopic (exact) mass is 303 g/mol. The standard InChI is InChI=1S/C18H25NO3/c1-2-6-15(18(21)22)12-19-17(20)11-14-9-5-8-13-7-3-4-10-16(13)14/h3-4,7,10,14-15H,2,5-6,8-9,11-12H2,1H3,(H,19,20)(H,21,22). The van der Waals surface area contributed by atoms with Gasteiger partial charge >= 0.3 is 5.97 Å². The molecule has 0 fully saturated rings. The van der Waals surface area contributed by atoms with Gasteiger partial charge in [-0.05, 0) is 42.7 Å². The largest absolute Gasteiger partial charge is 0.481 e. The number of hydrogen-bond acceptors (Lipinski definition) is 2. The average Bonchev–Trinajstić information content (AvgIpc) is 2.51. The minimum absolute atomic E-state index is 0.0379. The van der Waals surface area contributed by atoms with Gasteiger partial charge in [-0.1, -0.05) is 37.6 Å². The number of carbonyl (C=O) groups excluding carboxylic acids is 1. The highest BCUT2D eigenvalue weighted by Gasteiger charge is 2.23. The summed E-state index contributed by atoms with van der Waals surface area (Å²) in [6, 6.07) is 8.32. The summed E-state index contributed by atoms with van der Waals surface area (Å²) in [4.78, 5) is 23.3. The molecule has 0 spiro atoms. The average molecular weight is 303 g/mol. The van der Waals surface area contributed by atoms with Crippen molar-refractivity contribution in [1.82, 2.24) is 5.32 Å². The molecule has 120 valence electrons. The molecule has 0 heterocycles. The summed E-state index contributed by atoms with van der Waals surface area (Å²) in [7, 11) is 0. The summed E-state index contributed by atoms with van der Waals surface area (Å²) in [6.07, 6.45) is 5.09. The molecule has 1 aromatic carbocycles. The van der Waals surface area contributed by atoms with Gasteiger partial charge in [-0.2, -0.15) is 0 Å². The van der Waals surface area contributed by atoms with Crippen LogP contribution in [0.5, 0.6) is 0 Å². The van der Waals surface area contributed by atoms with Gasteiger partial charge in [0, 0.05) is 13.0 Å². The normalized spacial score (nSPS) is 18.3. The van der Waals surface area contributed by atoms with Crippen LogP contribution in [-0.4, -0.2) is 23.5 Å². The summed E-state index contributed by atoms with van der Waals surface area (Å²) in [5, 5.41) is 11.9. The Hall–Kier alpha value is -1.84. The molecular formula is C18H25NO3. The van der Waals surface area contributed by atoms with E-state index in [9.17, 15) is 9.59 Å². The first kappa shape index (κ1) is 16.5. The molecule has 2 atom stereocenters. The predicted molar refractivity (Wildman–Crippen MR) is 85.8 cm³/mol. The molecule has 0 radical (unpaired) electrons. The third kappa shape index (κ3) is 4.33. The molecule has 0 aliphatic heterocycles. The fourth-order valence-electron chi connectivity index (χ4n) is 3.26. The molecule has 2 unspecified atom stereocenters. The zero-order valence-electron chi connectivity index (χ0n) is 13.2. The maximum absolute atomic E-state index is 12.1. The van der Waals surface area contributed by atoms with Crippen LogP contribution in [0.4, 0.5) is 0 Å². The van der Waals surface area contributed by atoms with E-state index in [0.717, 1.165) is 25.7 Å². The molecule has 1 amide bonds. The molecule has 1 aliphatic rings. The maximum Gasteiger partial charge on any atom is 0.308 e. The Morgan fingerprint density at radius 1 is 1.36 bits per heavy atom. The third-order valence-corrected chi connectivity index (χ3v) is 4.46. The Balaban J connectivity index is 1.89. The van der Waals surface area contributed by atoms with Crippen molar-refractivity contribution < 1.29 is 14.7 Å². The van der Waals surface area contributed by atoms with Crippen LogP contribution in [0.25, 0.3) is 0 Å². The lowest BCUT2D eigenvalue weighted by molar-refractivity contribution is -0.141. The second-order valence-electron chi connectivity index (χ2n) is 6.12. The Kier molecular flexibility index (Phi) is 5.99. The van der Waals surface area contributed by atoms with Crippen LogP contribution in [-0.2, 0) is 16.0 Å². The number of amides is 1.